The number of hydrogen-bond acceptors (Lipinski definition) is 0. The molecule has 0 nitrogen and oxygen atoms in total. The Bertz CT molecular complexity index is 648. The molecule has 1 aromatic rings. The van der Waals surface area contributed by atoms with Crippen molar-refractivity contribution >= 4 is 14.0 Å². The zero-order valence-corrected chi connectivity index (χ0v) is 18.6. The Labute approximate surface area is 158 Å². The molecular weight excluding hydrogens is 497 g/mol. The van der Waals surface area contributed by atoms with Crippen LogP contribution in [0.1, 0.15) is 34.6 Å². The number of fused-ring (bicyclic) bond motifs is 2. The average Bonchev–Trinajstić information content (AvgIpc) is 2.98. The minimum absolute atomic E-state index is 0. The standard InChI is InChI=1S/C9H12P.C9H7.2ClH.Hf/c1-2-6-10-7-8-4-3-5-9(8)10;1-2-5-9-7-3-6-8(9)4-1;;;/h4H,2-3,6-7H2,1H3;1-7H;2*1H;/q;;;;+2/p-2. The summed E-state index contributed by atoms with van der Waals surface area (Å²) in [6, 6.07) is 9.02. The SMILES string of the molecule is CCCP1CC2=CC[C]([Hf+2][CH]3C=Cc4ccccc43)=C21.[Cl-].[Cl-]. The van der Waals surface area contributed by atoms with Crippen LogP contribution in [-0.2, 0) is 22.9 Å². The van der Waals surface area contributed by atoms with E-state index in [0.717, 1.165) is 3.67 Å². The first-order valence-electron chi connectivity index (χ1n) is 7.58. The summed E-state index contributed by atoms with van der Waals surface area (Å²) in [4.78, 5) is 0. The number of rotatable bonds is 4. The van der Waals surface area contributed by atoms with Crippen LogP contribution < -0.4 is 24.8 Å². The molecule has 3 aliphatic rings. The van der Waals surface area contributed by atoms with Crippen LogP contribution in [0.3, 0.4) is 0 Å². The van der Waals surface area contributed by atoms with E-state index in [1.165, 1.54) is 30.7 Å². The van der Waals surface area contributed by atoms with E-state index in [2.05, 4.69) is 49.4 Å². The van der Waals surface area contributed by atoms with Crippen molar-refractivity contribution in [1.82, 2.24) is 0 Å². The quantitative estimate of drug-likeness (QED) is 0.367. The molecule has 2 unspecified atom stereocenters. The van der Waals surface area contributed by atoms with E-state index in [9.17, 15) is 0 Å². The molecule has 0 radical (unpaired) electrons. The molecule has 114 valence electrons. The second-order valence-corrected chi connectivity index (χ2v) is 13.5. The average molecular weight is 516 g/mol. The summed E-state index contributed by atoms with van der Waals surface area (Å²) in [5, 5.41) is 1.91. The van der Waals surface area contributed by atoms with Crippen LogP contribution in [0.25, 0.3) is 6.08 Å². The first-order valence-corrected chi connectivity index (χ1v) is 13.2. The Balaban J connectivity index is 0.000000882. The van der Waals surface area contributed by atoms with E-state index in [0.29, 0.717) is 0 Å². The molecule has 4 heteroatoms. The fraction of sp³-hybridized carbons (Fsp3) is 0.333. The maximum absolute atomic E-state index is 2.55. The Morgan fingerprint density at radius 2 is 2.05 bits per heavy atom. The van der Waals surface area contributed by atoms with Crippen LogP contribution in [0, 0.1) is 0 Å². The van der Waals surface area contributed by atoms with Crippen molar-refractivity contribution in [1.29, 1.82) is 0 Å². The summed E-state index contributed by atoms with van der Waals surface area (Å²) in [5.74, 6) is 0. The summed E-state index contributed by atoms with van der Waals surface area (Å²) >= 11 is -0.732. The van der Waals surface area contributed by atoms with Crippen molar-refractivity contribution < 1.29 is 47.7 Å². The molecule has 22 heavy (non-hydrogen) atoms. The van der Waals surface area contributed by atoms with E-state index >= 15 is 0 Å². The maximum Gasteiger partial charge on any atom is -1.00 e. The zero-order chi connectivity index (χ0) is 13.5. The minimum atomic E-state index is -0.732. The van der Waals surface area contributed by atoms with Gasteiger partial charge >= 0.3 is 134 Å². The third-order valence-corrected chi connectivity index (χ3v) is 13.9. The molecule has 2 aliphatic carbocycles. The zero-order valence-electron chi connectivity index (χ0n) is 12.7. The fourth-order valence-corrected chi connectivity index (χ4v) is 13.7. The van der Waals surface area contributed by atoms with E-state index in [4.69, 9.17) is 0 Å². The van der Waals surface area contributed by atoms with Gasteiger partial charge in [-0.15, -0.1) is 0 Å². The molecule has 1 fully saturated rings. The maximum atomic E-state index is 2.55. The van der Waals surface area contributed by atoms with Crippen molar-refractivity contribution in [3.63, 3.8) is 0 Å². The van der Waals surface area contributed by atoms with E-state index in [1.807, 2.05) is 8.64 Å². The molecule has 0 amide bonds. The van der Waals surface area contributed by atoms with Gasteiger partial charge in [0.2, 0.25) is 0 Å². The molecule has 0 bridgehead atoms. The molecule has 0 saturated carbocycles. The second kappa shape index (κ2) is 7.93. The predicted octanol–water partition coefficient (Wildman–Crippen LogP) is -0.708. The number of allylic oxidation sites excluding steroid dienone is 5. The molecule has 1 saturated heterocycles. The molecule has 1 aliphatic heterocycles. The molecule has 0 N–H and O–H groups in total. The van der Waals surface area contributed by atoms with E-state index < -0.39 is 22.9 Å². The van der Waals surface area contributed by atoms with Gasteiger partial charge in [-0.25, -0.2) is 0 Å². The Morgan fingerprint density at radius 3 is 2.86 bits per heavy atom. The van der Waals surface area contributed by atoms with Crippen molar-refractivity contribution in [2.24, 2.45) is 0 Å². The summed E-state index contributed by atoms with van der Waals surface area (Å²) in [6.45, 7) is 2.34. The Morgan fingerprint density at radius 1 is 1.23 bits per heavy atom. The molecule has 2 atom stereocenters. The van der Waals surface area contributed by atoms with Gasteiger partial charge in [-0.3, -0.25) is 0 Å². The van der Waals surface area contributed by atoms with Gasteiger partial charge in [0, 0.05) is 0 Å². The third-order valence-electron chi connectivity index (χ3n) is 4.44. The van der Waals surface area contributed by atoms with Crippen LogP contribution >= 0.6 is 7.92 Å². The van der Waals surface area contributed by atoms with Crippen molar-refractivity contribution in [3.05, 3.63) is 61.8 Å². The first kappa shape index (κ1) is 18.7. The Kier molecular flexibility index (Phi) is 6.72. The molecule has 0 spiro atoms. The van der Waals surface area contributed by atoms with Crippen LogP contribution in [-0.4, -0.2) is 12.3 Å². The second-order valence-electron chi connectivity index (χ2n) is 5.79. The van der Waals surface area contributed by atoms with E-state index in [1.54, 1.807) is 11.1 Å². The predicted molar refractivity (Wildman–Crippen MR) is 84.9 cm³/mol. The van der Waals surface area contributed by atoms with Gasteiger partial charge in [0.1, 0.15) is 0 Å². The van der Waals surface area contributed by atoms with Crippen molar-refractivity contribution in [2.45, 2.75) is 23.4 Å². The molecule has 1 heterocycles. The summed E-state index contributed by atoms with van der Waals surface area (Å²) in [5.41, 5.74) is 4.85. The van der Waals surface area contributed by atoms with Crippen molar-refractivity contribution in [2.75, 3.05) is 12.3 Å². The van der Waals surface area contributed by atoms with Gasteiger partial charge in [0.25, 0.3) is 0 Å². The number of halogens is 2. The largest absolute Gasteiger partial charge is 1.00 e. The van der Waals surface area contributed by atoms with E-state index in [-0.39, 0.29) is 32.7 Å². The van der Waals surface area contributed by atoms with Gasteiger partial charge in [0.15, 0.2) is 0 Å². The molecule has 4 rings (SSSR count). The fourth-order valence-electron chi connectivity index (χ4n) is 3.49. The summed E-state index contributed by atoms with van der Waals surface area (Å²) < 4.78 is 2.78. The Hall–Kier alpha value is 0.320. The van der Waals surface area contributed by atoms with Gasteiger partial charge < -0.3 is 24.8 Å². The van der Waals surface area contributed by atoms with Gasteiger partial charge in [-0.05, 0) is 0 Å². The monoisotopic (exact) mass is 516 g/mol. The van der Waals surface area contributed by atoms with Crippen molar-refractivity contribution in [3.8, 4) is 0 Å². The van der Waals surface area contributed by atoms with Gasteiger partial charge in [-0.1, -0.05) is 0 Å². The van der Waals surface area contributed by atoms with Gasteiger partial charge in [0.05, 0.1) is 0 Å². The number of hydrogen-bond donors (Lipinski definition) is 0. The first-order chi connectivity index (χ1) is 9.86. The normalized spacial score (nSPS) is 23.6. The topological polar surface area (TPSA) is 0 Å². The summed E-state index contributed by atoms with van der Waals surface area (Å²) in [7, 11) is 0.271. The molecule has 1 aromatic carbocycles. The minimum Gasteiger partial charge on any atom is -1.00 e. The van der Waals surface area contributed by atoms with Crippen LogP contribution in [0.15, 0.2) is 50.6 Å². The van der Waals surface area contributed by atoms with Gasteiger partial charge in [-0.2, -0.15) is 0 Å². The van der Waals surface area contributed by atoms with Crippen LogP contribution in [0.4, 0.5) is 0 Å². The summed E-state index contributed by atoms with van der Waals surface area (Å²) in [6.07, 6.45) is 13.0. The number of benzene rings is 1. The van der Waals surface area contributed by atoms with Crippen LogP contribution in [0.5, 0.6) is 0 Å². The third kappa shape index (κ3) is 3.25. The van der Waals surface area contributed by atoms with Crippen LogP contribution in [0.2, 0.25) is 0 Å². The molecule has 0 aromatic heterocycles. The molecular formula is C18H19Cl2HfP. The smallest absolute Gasteiger partial charge is 1.00 e.